The second-order valence-electron chi connectivity index (χ2n) is 4.62. The molecule has 0 saturated carbocycles. The Bertz CT molecular complexity index is 603. The summed E-state index contributed by atoms with van der Waals surface area (Å²) in [5.74, 6) is -2.21. The highest BCUT2D eigenvalue weighted by atomic mass is 19.1. The van der Waals surface area contributed by atoms with Crippen LogP contribution in [0.3, 0.4) is 0 Å². The van der Waals surface area contributed by atoms with Gasteiger partial charge >= 0.3 is 0 Å². The summed E-state index contributed by atoms with van der Waals surface area (Å²) in [7, 11) is 1.29. The zero-order chi connectivity index (χ0) is 15.6. The van der Waals surface area contributed by atoms with Crippen LogP contribution in [-0.2, 0) is 9.59 Å². The van der Waals surface area contributed by atoms with Gasteiger partial charge in [-0.05, 0) is 24.6 Å². The number of nitrogens with zero attached hydrogens (tertiary/aromatic N) is 1. The number of hydrogen-bond acceptors (Lipinski definition) is 4. The zero-order valence-corrected chi connectivity index (χ0v) is 11.7. The predicted molar refractivity (Wildman–Crippen MR) is 71.2 cm³/mol. The lowest BCUT2D eigenvalue weighted by molar-refractivity contribution is -0.138. The van der Waals surface area contributed by atoms with Crippen LogP contribution in [0.2, 0.25) is 0 Å². The Morgan fingerprint density at radius 3 is 2.81 bits per heavy atom. The highest BCUT2D eigenvalue weighted by molar-refractivity contribution is 6.07. The van der Waals surface area contributed by atoms with E-state index in [1.165, 1.54) is 24.1 Å². The lowest BCUT2D eigenvalue weighted by Crippen LogP contribution is -2.59. The lowest BCUT2D eigenvalue weighted by Gasteiger charge is -2.33. The van der Waals surface area contributed by atoms with Gasteiger partial charge < -0.3 is 9.64 Å². The molecule has 112 valence electrons. The molecule has 7 heteroatoms. The van der Waals surface area contributed by atoms with Crippen molar-refractivity contribution in [3.63, 3.8) is 0 Å². The van der Waals surface area contributed by atoms with Crippen LogP contribution in [0.25, 0.3) is 0 Å². The maximum atomic E-state index is 13.4. The van der Waals surface area contributed by atoms with Crippen LogP contribution in [0.1, 0.15) is 23.7 Å². The van der Waals surface area contributed by atoms with Crippen LogP contribution in [0.5, 0.6) is 5.75 Å². The van der Waals surface area contributed by atoms with Gasteiger partial charge in [0.25, 0.3) is 5.91 Å². The largest absolute Gasteiger partial charge is 0.494 e. The topological polar surface area (TPSA) is 75.7 Å². The molecule has 1 aromatic rings. The first-order chi connectivity index (χ1) is 9.97. The molecule has 0 aliphatic carbocycles. The van der Waals surface area contributed by atoms with Gasteiger partial charge in [-0.15, -0.1) is 0 Å². The molecule has 0 spiro atoms. The average Bonchev–Trinajstić information content (AvgIpc) is 2.46. The second-order valence-corrected chi connectivity index (χ2v) is 4.62. The molecule has 1 saturated heterocycles. The molecule has 0 aromatic heterocycles. The van der Waals surface area contributed by atoms with E-state index in [-0.39, 0.29) is 17.9 Å². The number of hydrogen-bond donors (Lipinski definition) is 1. The molecule has 2 rings (SSSR count). The van der Waals surface area contributed by atoms with Crippen molar-refractivity contribution < 1.29 is 23.5 Å². The fraction of sp³-hybridized carbons (Fsp3) is 0.357. The summed E-state index contributed by atoms with van der Waals surface area (Å²) in [6.45, 7) is 1.54. The Morgan fingerprint density at radius 1 is 1.48 bits per heavy atom. The first kappa shape index (κ1) is 15.0. The van der Waals surface area contributed by atoms with E-state index >= 15 is 0 Å². The standard InChI is InChI=1S/C14H15FN2O4/c1-3-10-13(19)16-12(18)7-17(10)14(20)8-4-5-9(15)11(6-8)21-2/h4-6,10H,3,7H2,1-2H3,(H,16,18,19). The zero-order valence-electron chi connectivity index (χ0n) is 11.7. The van der Waals surface area contributed by atoms with Gasteiger partial charge in [-0.25, -0.2) is 4.39 Å². The summed E-state index contributed by atoms with van der Waals surface area (Å²) in [4.78, 5) is 36.8. The number of carbonyl (C=O) groups is 3. The molecule has 1 aromatic carbocycles. The van der Waals surface area contributed by atoms with E-state index in [1.807, 2.05) is 0 Å². The van der Waals surface area contributed by atoms with Crippen molar-refractivity contribution in [2.24, 2.45) is 0 Å². The van der Waals surface area contributed by atoms with E-state index in [0.717, 1.165) is 6.07 Å². The third-order valence-corrected chi connectivity index (χ3v) is 3.30. The fourth-order valence-corrected chi connectivity index (χ4v) is 2.24. The van der Waals surface area contributed by atoms with E-state index in [4.69, 9.17) is 4.74 Å². The average molecular weight is 294 g/mol. The third-order valence-electron chi connectivity index (χ3n) is 3.30. The van der Waals surface area contributed by atoms with E-state index in [2.05, 4.69) is 5.32 Å². The third kappa shape index (κ3) is 2.86. The maximum absolute atomic E-state index is 13.4. The summed E-state index contributed by atoms with van der Waals surface area (Å²) in [6.07, 6.45) is 0.378. The highest BCUT2D eigenvalue weighted by Gasteiger charge is 2.36. The first-order valence-corrected chi connectivity index (χ1v) is 6.46. The van der Waals surface area contributed by atoms with E-state index in [1.54, 1.807) is 6.92 Å². The molecular weight excluding hydrogens is 279 g/mol. The number of piperazine rings is 1. The number of rotatable bonds is 3. The van der Waals surface area contributed by atoms with Crippen molar-refractivity contribution >= 4 is 17.7 Å². The monoisotopic (exact) mass is 294 g/mol. The second kappa shape index (κ2) is 5.90. The van der Waals surface area contributed by atoms with Gasteiger partial charge in [0.05, 0.1) is 7.11 Å². The molecule has 6 nitrogen and oxygen atoms in total. The molecule has 3 amide bonds. The number of halogens is 1. The number of amides is 3. The quantitative estimate of drug-likeness (QED) is 0.833. The molecule has 0 bridgehead atoms. The SMILES string of the molecule is CCC1C(=O)NC(=O)CN1C(=O)c1ccc(F)c(OC)c1. The van der Waals surface area contributed by atoms with Gasteiger partial charge in [0.1, 0.15) is 12.6 Å². The Kier molecular flexibility index (Phi) is 4.21. The summed E-state index contributed by atoms with van der Waals surface area (Å²) >= 11 is 0. The fourth-order valence-electron chi connectivity index (χ4n) is 2.24. The Hall–Kier alpha value is -2.44. The Morgan fingerprint density at radius 2 is 2.19 bits per heavy atom. The summed E-state index contributed by atoms with van der Waals surface area (Å²) in [5.41, 5.74) is 0.161. The van der Waals surface area contributed by atoms with Crippen molar-refractivity contribution in [2.75, 3.05) is 13.7 Å². The maximum Gasteiger partial charge on any atom is 0.255 e. The van der Waals surface area contributed by atoms with Gasteiger partial charge in [-0.1, -0.05) is 6.92 Å². The van der Waals surface area contributed by atoms with E-state index in [0.29, 0.717) is 6.42 Å². The molecule has 21 heavy (non-hydrogen) atoms. The molecule has 1 unspecified atom stereocenters. The van der Waals surface area contributed by atoms with Gasteiger partial charge in [0, 0.05) is 5.56 Å². The minimum atomic E-state index is -0.716. The molecule has 1 atom stereocenters. The van der Waals surface area contributed by atoms with Gasteiger partial charge in [0.2, 0.25) is 11.8 Å². The molecule has 1 fully saturated rings. The molecule has 1 aliphatic rings. The predicted octanol–water partition coefficient (Wildman–Crippen LogP) is 0.711. The van der Waals surface area contributed by atoms with Crippen molar-refractivity contribution in [2.45, 2.75) is 19.4 Å². The minimum absolute atomic E-state index is 0.0679. The minimum Gasteiger partial charge on any atom is -0.494 e. The van der Waals surface area contributed by atoms with Gasteiger partial charge in [0.15, 0.2) is 11.6 Å². The summed E-state index contributed by atoms with van der Waals surface area (Å²) in [5, 5.41) is 2.19. The number of methoxy groups -OCH3 is 1. The van der Waals surface area contributed by atoms with Crippen LogP contribution in [-0.4, -0.2) is 42.3 Å². The number of ether oxygens (including phenoxy) is 1. The van der Waals surface area contributed by atoms with Gasteiger partial charge in [-0.2, -0.15) is 0 Å². The molecule has 0 radical (unpaired) electrons. The molecule has 1 aliphatic heterocycles. The summed E-state index contributed by atoms with van der Waals surface area (Å²) in [6, 6.07) is 2.94. The first-order valence-electron chi connectivity index (χ1n) is 6.46. The van der Waals surface area contributed by atoms with Crippen LogP contribution in [0.4, 0.5) is 4.39 Å². The van der Waals surface area contributed by atoms with Crippen LogP contribution in [0.15, 0.2) is 18.2 Å². The molecular formula is C14H15FN2O4. The molecule has 1 heterocycles. The van der Waals surface area contributed by atoms with Crippen molar-refractivity contribution in [3.8, 4) is 5.75 Å². The number of carbonyl (C=O) groups excluding carboxylic acids is 3. The Labute approximate surface area is 120 Å². The van der Waals surface area contributed by atoms with Crippen molar-refractivity contribution in [3.05, 3.63) is 29.6 Å². The van der Waals surface area contributed by atoms with Crippen molar-refractivity contribution in [1.82, 2.24) is 10.2 Å². The number of imide groups is 1. The smallest absolute Gasteiger partial charge is 0.255 e. The Balaban J connectivity index is 2.33. The highest BCUT2D eigenvalue weighted by Crippen LogP contribution is 2.21. The van der Waals surface area contributed by atoms with Gasteiger partial charge in [-0.3, -0.25) is 19.7 Å². The normalized spacial score (nSPS) is 18.4. The van der Waals surface area contributed by atoms with Crippen LogP contribution < -0.4 is 10.1 Å². The van der Waals surface area contributed by atoms with E-state index < -0.39 is 29.6 Å². The van der Waals surface area contributed by atoms with Crippen LogP contribution in [0, 0.1) is 5.82 Å². The van der Waals surface area contributed by atoms with Crippen LogP contribution >= 0.6 is 0 Å². The van der Waals surface area contributed by atoms with E-state index in [9.17, 15) is 18.8 Å². The number of nitrogens with one attached hydrogen (secondary N) is 1. The number of benzene rings is 1. The summed E-state index contributed by atoms with van der Waals surface area (Å²) < 4.78 is 18.2. The molecule has 1 N–H and O–H groups in total. The lowest BCUT2D eigenvalue weighted by atomic mass is 10.1. The van der Waals surface area contributed by atoms with Crippen molar-refractivity contribution in [1.29, 1.82) is 0 Å².